The Morgan fingerprint density at radius 2 is 2.19 bits per heavy atom. The van der Waals surface area contributed by atoms with Crippen LogP contribution in [0.25, 0.3) is 0 Å². The number of urea groups is 1. The largest absolute Gasteiger partial charge is 0.392 e. The first-order valence-electron chi connectivity index (χ1n) is 7.44. The molecule has 1 aliphatic rings. The van der Waals surface area contributed by atoms with Crippen molar-refractivity contribution in [3.8, 4) is 0 Å². The molecule has 5 nitrogen and oxygen atoms in total. The summed E-state index contributed by atoms with van der Waals surface area (Å²) >= 11 is 0. The maximum atomic E-state index is 12.2. The Kier molecular flexibility index (Phi) is 5.59. The zero-order chi connectivity index (χ0) is 15.2. The number of benzene rings is 1. The number of carbonyl (C=O) groups is 1. The van der Waals surface area contributed by atoms with Crippen molar-refractivity contribution < 1.29 is 9.90 Å². The van der Waals surface area contributed by atoms with Gasteiger partial charge in [-0.25, -0.2) is 4.79 Å². The highest BCUT2D eigenvalue weighted by Crippen LogP contribution is 2.16. The molecule has 1 aromatic carbocycles. The lowest BCUT2D eigenvalue weighted by Crippen LogP contribution is -2.38. The third kappa shape index (κ3) is 4.72. The lowest BCUT2D eigenvalue weighted by molar-refractivity contribution is 0.205. The molecule has 116 valence electrons. The van der Waals surface area contributed by atoms with Crippen LogP contribution < -0.4 is 5.32 Å². The van der Waals surface area contributed by atoms with Crippen LogP contribution in [0.4, 0.5) is 4.79 Å². The molecule has 2 rings (SSSR count). The molecular weight excluding hydrogens is 266 g/mol. The van der Waals surface area contributed by atoms with Crippen LogP contribution in [0.3, 0.4) is 0 Å². The number of nitrogens with zero attached hydrogens (tertiary/aromatic N) is 2. The SMILES string of the molecule is CN(C)CC1CCN(C(=O)NCc2cccc(CO)c2)C1. The Morgan fingerprint density at radius 1 is 1.43 bits per heavy atom. The highest BCUT2D eigenvalue weighted by Gasteiger charge is 2.26. The Hall–Kier alpha value is -1.59. The van der Waals surface area contributed by atoms with Crippen molar-refractivity contribution in [1.29, 1.82) is 0 Å². The van der Waals surface area contributed by atoms with Crippen LogP contribution in [-0.2, 0) is 13.2 Å². The van der Waals surface area contributed by atoms with Crippen molar-refractivity contribution in [2.24, 2.45) is 5.92 Å². The molecule has 1 aliphatic heterocycles. The summed E-state index contributed by atoms with van der Waals surface area (Å²) in [5.74, 6) is 0.573. The van der Waals surface area contributed by atoms with Crippen molar-refractivity contribution in [2.45, 2.75) is 19.6 Å². The molecule has 0 bridgehead atoms. The van der Waals surface area contributed by atoms with E-state index in [0.717, 1.165) is 37.2 Å². The van der Waals surface area contributed by atoms with Gasteiger partial charge in [-0.15, -0.1) is 0 Å². The molecule has 1 aromatic rings. The fourth-order valence-corrected chi connectivity index (χ4v) is 2.81. The van der Waals surface area contributed by atoms with Crippen molar-refractivity contribution in [2.75, 3.05) is 33.7 Å². The fourth-order valence-electron chi connectivity index (χ4n) is 2.81. The average Bonchev–Trinajstić information content (AvgIpc) is 2.92. The minimum absolute atomic E-state index is 0.00524. The van der Waals surface area contributed by atoms with Crippen LogP contribution in [-0.4, -0.2) is 54.7 Å². The molecule has 0 radical (unpaired) electrons. The monoisotopic (exact) mass is 291 g/mol. The number of rotatable bonds is 5. The number of carbonyl (C=O) groups excluding carboxylic acids is 1. The van der Waals surface area contributed by atoms with E-state index < -0.39 is 0 Å². The van der Waals surface area contributed by atoms with Crippen molar-refractivity contribution in [3.63, 3.8) is 0 Å². The Morgan fingerprint density at radius 3 is 2.90 bits per heavy atom. The second-order valence-corrected chi connectivity index (χ2v) is 6.00. The Balaban J connectivity index is 1.79. The number of aliphatic hydroxyl groups excluding tert-OH is 1. The van der Waals surface area contributed by atoms with Crippen LogP contribution in [0.1, 0.15) is 17.5 Å². The van der Waals surface area contributed by atoms with Gasteiger partial charge in [0.05, 0.1) is 6.61 Å². The Bertz CT molecular complexity index is 476. The molecule has 1 heterocycles. The van der Waals surface area contributed by atoms with Crippen molar-refractivity contribution in [3.05, 3.63) is 35.4 Å². The third-order valence-electron chi connectivity index (χ3n) is 3.81. The van der Waals surface area contributed by atoms with E-state index in [0.29, 0.717) is 12.5 Å². The minimum Gasteiger partial charge on any atom is -0.392 e. The van der Waals surface area contributed by atoms with E-state index in [4.69, 9.17) is 5.11 Å². The number of likely N-dealkylation sites (tertiary alicyclic amines) is 1. The standard InChI is InChI=1S/C16H25N3O2/c1-18(2)10-15-6-7-19(11-15)16(21)17-9-13-4-3-5-14(8-13)12-20/h3-5,8,15,20H,6-7,9-12H2,1-2H3,(H,17,21). The first-order chi connectivity index (χ1) is 10.1. The average molecular weight is 291 g/mol. The maximum absolute atomic E-state index is 12.2. The van der Waals surface area contributed by atoms with Gasteiger partial charge >= 0.3 is 6.03 Å². The molecule has 1 fully saturated rings. The third-order valence-corrected chi connectivity index (χ3v) is 3.81. The van der Waals surface area contributed by atoms with Crippen LogP contribution >= 0.6 is 0 Å². The topological polar surface area (TPSA) is 55.8 Å². The summed E-state index contributed by atoms with van der Waals surface area (Å²) in [6.45, 7) is 3.23. The first-order valence-corrected chi connectivity index (χ1v) is 7.44. The molecule has 2 N–H and O–H groups in total. The van der Waals surface area contributed by atoms with Crippen molar-refractivity contribution in [1.82, 2.24) is 15.1 Å². The molecule has 1 unspecified atom stereocenters. The highest BCUT2D eigenvalue weighted by atomic mass is 16.3. The van der Waals surface area contributed by atoms with Gasteiger partial charge in [-0.05, 0) is 37.6 Å². The summed E-state index contributed by atoms with van der Waals surface area (Å²) in [6.07, 6.45) is 1.07. The van der Waals surface area contributed by atoms with Crippen molar-refractivity contribution >= 4 is 6.03 Å². The van der Waals surface area contributed by atoms with Gasteiger partial charge in [0.15, 0.2) is 0 Å². The van der Waals surface area contributed by atoms with E-state index in [1.54, 1.807) is 0 Å². The molecule has 0 spiro atoms. The summed E-state index contributed by atoms with van der Waals surface area (Å²) in [5.41, 5.74) is 1.88. The van der Waals surface area contributed by atoms with E-state index >= 15 is 0 Å². The van der Waals surface area contributed by atoms with Crippen LogP contribution in [0.15, 0.2) is 24.3 Å². The van der Waals surface area contributed by atoms with E-state index in [2.05, 4.69) is 24.3 Å². The predicted molar refractivity (Wildman–Crippen MR) is 82.8 cm³/mol. The van der Waals surface area contributed by atoms with Gasteiger partial charge in [0.25, 0.3) is 0 Å². The van der Waals surface area contributed by atoms with Gasteiger partial charge in [-0.3, -0.25) is 0 Å². The minimum atomic E-state index is 0.00524. The van der Waals surface area contributed by atoms with E-state index in [1.165, 1.54) is 0 Å². The molecule has 0 saturated carbocycles. The lowest BCUT2D eigenvalue weighted by atomic mass is 10.1. The molecule has 5 heteroatoms. The summed E-state index contributed by atoms with van der Waals surface area (Å²) in [7, 11) is 4.13. The van der Waals surface area contributed by atoms with Gasteiger partial charge in [-0.1, -0.05) is 24.3 Å². The fraction of sp³-hybridized carbons (Fsp3) is 0.562. The van der Waals surface area contributed by atoms with Crippen LogP contribution in [0.2, 0.25) is 0 Å². The van der Waals surface area contributed by atoms with E-state index in [1.807, 2.05) is 29.2 Å². The van der Waals surface area contributed by atoms with Crippen LogP contribution in [0.5, 0.6) is 0 Å². The van der Waals surface area contributed by atoms with Gasteiger partial charge in [-0.2, -0.15) is 0 Å². The zero-order valence-electron chi connectivity index (χ0n) is 12.9. The Labute approximate surface area is 126 Å². The second-order valence-electron chi connectivity index (χ2n) is 6.00. The lowest BCUT2D eigenvalue weighted by Gasteiger charge is -2.19. The van der Waals surface area contributed by atoms with Gasteiger partial charge in [0, 0.05) is 26.2 Å². The highest BCUT2D eigenvalue weighted by molar-refractivity contribution is 5.74. The first kappa shape index (κ1) is 15.8. The molecule has 1 saturated heterocycles. The number of amides is 2. The maximum Gasteiger partial charge on any atom is 0.317 e. The second kappa shape index (κ2) is 7.43. The summed E-state index contributed by atoms with van der Waals surface area (Å²) < 4.78 is 0. The molecule has 2 amide bonds. The van der Waals surface area contributed by atoms with Gasteiger partial charge in [0.2, 0.25) is 0 Å². The molecule has 0 aromatic heterocycles. The number of hydrogen-bond donors (Lipinski definition) is 2. The molecule has 0 aliphatic carbocycles. The number of hydrogen-bond acceptors (Lipinski definition) is 3. The summed E-state index contributed by atoms with van der Waals surface area (Å²) in [5, 5.41) is 12.1. The van der Waals surface area contributed by atoms with Gasteiger partial charge < -0.3 is 20.2 Å². The number of nitrogens with one attached hydrogen (secondary N) is 1. The quantitative estimate of drug-likeness (QED) is 0.859. The predicted octanol–water partition coefficient (Wildman–Crippen LogP) is 1.27. The van der Waals surface area contributed by atoms with Crippen LogP contribution in [0, 0.1) is 5.92 Å². The van der Waals surface area contributed by atoms with E-state index in [-0.39, 0.29) is 12.6 Å². The smallest absolute Gasteiger partial charge is 0.317 e. The van der Waals surface area contributed by atoms with E-state index in [9.17, 15) is 4.79 Å². The summed E-state index contributed by atoms with van der Waals surface area (Å²) in [4.78, 5) is 16.2. The van der Waals surface area contributed by atoms with Gasteiger partial charge in [0.1, 0.15) is 0 Å². The normalized spacial score (nSPS) is 18.3. The zero-order valence-corrected chi connectivity index (χ0v) is 12.9. The summed E-state index contributed by atoms with van der Waals surface area (Å²) in [6, 6.07) is 7.65. The molecule has 1 atom stereocenters. The number of aliphatic hydroxyl groups is 1. The molecule has 21 heavy (non-hydrogen) atoms. The molecular formula is C16H25N3O2.